The first kappa shape index (κ1) is 14.7. The molecule has 1 aliphatic rings. The summed E-state index contributed by atoms with van der Waals surface area (Å²) < 4.78 is 11.4. The van der Waals surface area contributed by atoms with Crippen molar-refractivity contribution < 1.29 is 9.47 Å². The van der Waals surface area contributed by atoms with E-state index in [4.69, 9.17) is 21.1 Å². The molecule has 0 aliphatic carbocycles. The number of methoxy groups -OCH3 is 1. The lowest BCUT2D eigenvalue weighted by atomic mass is 9.95. The molecule has 0 fully saturated rings. The summed E-state index contributed by atoms with van der Waals surface area (Å²) in [5.41, 5.74) is 3.06. The first-order chi connectivity index (χ1) is 10.7. The Balaban J connectivity index is 2.08. The lowest BCUT2D eigenvalue weighted by Crippen LogP contribution is -2.11. The van der Waals surface area contributed by atoms with Gasteiger partial charge >= 0.3 is 0 Å². The maximum Gasteiger partial charge on any atom is 0.146 e. The molecule has 0 spiro atoms. The molecule has 0 saturated heterocycles. The van der Waals surface area contributed by atoms with Crippen molar-refractivity contribution in [2.45, 2.75) is 12.5 Å². The van der Waals surface area contributed by atoms with Crippen LogP contribution in [0.25, 0.3) is 10.8 Å². The second kappa shape index (κ2) is 6.29. The normalized spacial score (nSPS) is 16.7. The monoisotopic (exact) mass is 312 g/mol. The zero-order valence-corrected chi connectivity index (χ0v) is 13.1. The third kappa shape index (κ3) is 2.62. The van der Waals surface area contributed by atoms with E-state index in [2.05, 4.69) is 12.6 Å². The molecule has 0 aromatic heterocycles. The van der Waals surface area contributed by atoms with Gasteiger partial charge in [-0.3, -0.25) is 0 Å². The second-order valence-electron chi connectivity index (χ2n) is 5.09. The summed E-state index contributed by atoms with van der Waals surface area (Å²) in [7, 11) is 1.65. The first-order valence-electron chi connectivity index (χ1n) is 7.15. The van der Waals surface area contributed by atoms with Crippen molar-refractivity contribution in [3.05, 3.63) is 77.9 Å². The largest absolute Gasteiger partial charge is 0.497 e. The highest BCUT2D eigenvalue weighted by Gasteiger charge is 2.27. The predicted octanol–water partition coefficient (Wildman–Crippen LogP) is 5.41. The van der Waals surface area contributed by atoms with Crippen LogP contribution in [0.3, 0.4) is 0 Å². The van der Waals surface area contributed by atoms with Gasteiger partial charge in [-0.2, -0.15) is 0 Å². The minimum atomic E-state index is -0.0618. The third-order valence-electron chi connectivity index (χ3n) is 3.74. The van der Waals surface area contributed by atoms with Crippen LogP contribution < -0.4 is 4.74 Å². The van der Waals surface area contributed by atoms with E-state index in [1.807, 2.05) is 48.5 Å². The van der Waals surface area contributed by atoms with Gasteiger partial charge in [0.25, 0.3) is 0 Å². The SMILES string of the molecule is C=CCC1OC(c2ccc(OC)cc2)=C(Cl)c2ccccc21. The highest BCUT2D eigenvalue weighted by molar-refractivity contribution is 6.52. The predicted molar refractivity (Wildman–Crippen MR) is 90.7 cm³/mol. The van der Waals surface area contributed by atoms with Gasteiger partial charge in [0, 0.05) is 23.1 Å². The molecule has 1 heterocycles. The van der Waals surface area contributed by atoms with Crippen molar-refractivity contribution in [3.8, 4) is 5.75 Å². The lowest BCUT2D eigenvalue weighted by Gasteiger charge is -2.28. The van der Waals surface area contributed by atoms with Gasteiger partial charge in [-0.15, -0.1) is 6.58 Å². The van der Waals surface area contributed by atoms with Crippen molar-refractivity contribution in [1.29, 1.82) is 0 Å². The third-order valence-corrected chi connectivity index (χ3v) is 4.11. The maximum absolute atomic E-state index is 6.58. The number of hydrogen-bond acceptors (Lipinski definition) is 2. The standard InChI is InChI=1S/C19H17ClO2/c1-3-6-17-15-7-4-5-8-16(15)18(20)19(22-17)13-9-11-14(21-2)12-10-13/h3-5,7-12,17H,1,6H2,2H3. The highest BCUT2D eigenvalue weighted by atomic mass is 35.5. The number of benzene rings is 2. The molecule has 1 unspecified atom stereocenters. The van der Waals surface area contributed by atoms with Gasteiger partial charge in [-0.25, -0.2) is 0 Å². The Labute approximate surface area is 135 Å². The van der Waals surface area contributed by atoms with E-state index < -0.39 is 0 Å². The summed E-state index contributed by atoms with van der Waals surface area (Å²) in [6.07, 6.45) is 2.54. The van der Waals surface area contributed by atoms with Crippen LogP contribution in [0.5, 0.6) is 5.75 Å². The fourth-order valence-electron chi connectivity index (χ4n) is 2.62. The van der Waals surface area contributed by atoms with Gasteiger partial charge in [0.05, 0.1) is 12.1 Å². The molecule has 0 radical (unpaired) electrons. The molecule has 3 rings (SSSR count). The minimum absolute atomic E-state index is 0.0618. The molecular formula is C19H17ClO2. The van der Waals surface area contributed by atoms with Gasteiger partial charge in [0.2, 0.25) is 0 Å². The molecule has 1 aliphatic heterocycles. The van der Waals surface area contributed by atoms with Crippen molar-refractivity contribution in [2.75, 3.05) is 7.11 Å². The van der Waals surface area contributed by atoms with Crippen molar-refractivity contribution >= 4 is 22.4 Å². The molecule has 0 saturated carbocycles. The van der Waals surface area contributed by atoms with Crippen LogP contribution >= 0.6 is 11.6 Å². The highest BCUT2D eigenvalue weighted by Crippen LogP contribution is 2.43. The van der Waals surface area contributed by atoms with Gasteiger partial charge in [0.1, 0.15) is 17.6 Å². The molecule has 112 valence electrons. The van der Waals surface area contributed by atoms with Crippen LogP contribution in [-0.4, -0.2) is 7.11 Å². The molecule has 1 atom stereocenters. The average Bonchev–Trinajstić information content (AvgIpc) is 2.58. The van der Waals surface area contributed by atoms with Gasteiger partial charge in [-0.05, 0) is 24.3 Å². The smallest absolute Gasteiger partial charge is 0.146 e. The van der Waals surface area contributed by atoms with Crippen molar-refractivity contribution in [1.82, 2.24) is 0 Å². The Morgan fingerprint density at radius 2 is 1.91 bits per heavy atom. The summed E-state index contributed by atoms with van der Waals surface area (Å²) in [6, 6.07) is 15.8. The Kier molecular flexibility index (Phi) is 4.21. The van der Waals surface area contributed by atoms with E-state index in [1.54, 1.807) is 7.11 Å². The van der Waals surface area contributed by atoms with E-state index in [-0.39, 0.29) is 6.10 Å². The van der Waals surface area contributed by atoms with Crippen LogP contribution in [0.15, 0.2) is 61.2 Å². The minimum Gasteiger partial charge on any atom is -0.497 e. The Morgan fingerprint density at radius 1 is 1.18 bits per heavy atom. The van der Waals surface area contributed by atoms with Crippen molar-refractivity contribution in [2.24, 2.45) is 0 Å². The zero-order valence-electron chi connectivity index (χ0n) is 12.4. The molecule has 0 N–H and O–H groups in total. The van der Waals surface area contributed by atoms with E-state index in [0.717, 1.165) is 28.9 Å². The topological polar surface area (TPSA) is 18.5 Å². The lowest BCUT2D eigenvalue weighted by molar-refractivity contribution is 0.169. The van der Waals surface area contributed by atoms with E-state index in [1.165, 1.54) is 0 Å². The molecule has 0 bridgehead atoms. The number of ether oxygens (including phenoxy) is 2. The van der Waals surface area contributed by atoms with E-state index in [9.17, 15) is 0 Å². The van der Waals surface area contributed by atoms with Gasteiger partial charge in [-0.1, -0.05) is 41.9 Å². The van der Waals surface area contributed by atoms with Crippen LogP contribution in [0, 0.1) is 0 Å². The fourth-order valence-corrected chi connectivity index (χ4v) is 2.95. The number of halogens is 1. The quantitative estimate of drug-likeness (QED) is 0.703. The van der Waals surface area contributed by atoms with Gasteiger partial charge < -0.3 is 9.47 Å². The first-order valence-corrected chi connectivity index (χ1v) is 7.53. The Hall–Kier alpha value is -2.19. The summed E-state index contributed by atoms with van der Waals surface area (Å²) in [5.74, 6) is 1.51. The van der Waals surface area contributed by atoms with Crippen molar-refractivity contribution in [3.63, 3.8) is 0 Å². The maximum atomic E-state index is 6.58. The van der Waals surface area contributed by atoms with Crippen LogP contribution in [0.2, 0.25) is 0 Å². The van der Waals surface area contributed by atoms with Crippen LogP contribution in [-0.2, 0) is 4.74 Å². The zero-order chi connectivity index (χ0) is 15.5. The molecular weight excluding hydrogens is 296 g/mol. The fraction of sp³-hybridized carbons (Fsp3) is 0.158. The van der Waals surface area contributed by atoms with Crippen LogP contribution in [0.4, 0.5) is 0 Å². The van der Waals surface area contributed by atoms with E-state index >= 15 is 0 Å². The number of fused-ring (bicyclic) bond motifs is 1. The summed E-state index contributed by atoms with van der Waals surface area (Å²) in [4.78, 5) is 0. The summed E-state index contributed by atoms with van der Waals surface area (Å²) >= 11 is 6.58. The van der Waals surface area contributed by atoms with Crippen LogP contribution in [0.1, 0.15) is 29.2 Å². The molecule has 22 heavy (non-hydrogen) atoms. The molecule has 2 aromatic rings. The number of hydrogen-bond donors (Lipinski definition) is 0. The number of rotatable bonds is 4. The Morgan fingerprint density at radius 3 is 2.59 bits per heavy atom. The molecule has 0 amide bonds. The van der Waals surface area contributed by atoms with Gasteiger partial charge in [0.15, 0.2) is 0 Å². The van der Waals surface area contributed by atoms with E-state index in [0.29, 0.717) is 10.8 Å². The second-order valence-corrected chi connectivity index (χ2v) is 5.47. The summed E-state index contributed by atoms with van der Waals surface area (Å²) in [6.45, 7) is 3.82. The average molecular weight is 313 g/mol. The summed E-state index contributed by atoms with van der Waals surface area (Å²) in [5, 5.41) is 0.640. The molecule has 2 aromatic carbocycles. The Bertz CT molecular complexity index is 716. The molecule has 3 heteroatoms. The molecule has 2 nitrogen and oxygen atoms in total.